The number of nitriles is 1. The molecule has 0 atom stereocenters. The van der Waals surface area contributed by atoms with Crippen LogP contribution in [0.5, 0.6) is 0 Å². The van der Waals surface area contributed by atoms with Gasteiger partial charge in [0.15, 0.2) is 12.3 Å². The number of carboxylic acid groups (broad SMARTS) is 2. The molecule has 0 saturated carbocycles. The van der Waals surface area contributed by atoms with Crippen LogP contribution in [0.15, 0.2) is 102 Å². The van der Waals surface area contributed by atoms with Crippen molar-refractivity contribution in [1.82, 2.24) is 0 Å². The molecule has 2 heterocycles. The van der Waals surface area contributed by atoms with E-state index in [1.165, 1.54) is 0 Å². The number of anilines is 1. The molecule has 0 unspecified atom stereocenters. The number of aryl methyl sites for hydroxylation is 1. The Morgan fingerprint density at radius 3 is 2.28 bits per heavy atom. The number of fused-ring (bicyclic) bond motifs is 2. The highest BCUT2D eigenvalue weighted by molar-refractivity contribution is 6.03. The van der Waals surface area contributed by atoms with Crippen LogP contribution in [0.25, 0.3) is 11.1 Å². The zero-order valence-electron chi connectivity index (χ0n) is 27.0. The summed E-state index contributed by atoms with van der Waals surface area (Å²) in [4.78, 5) is 25.2. The van der Waals surface area contributed by atoms with Crippen LogP contribution in [0.2, 0.25) is 0 Å². The third-order valence-electron chi connectivity index (χ3n) is 9.12. The SMILES string of the molecule is Cc1ccc2c(c1)C(C)(C)C(/C=C/C(C#N)=C/C=C1/N(CCC(=O)O)c3ccc(-c4ccccc4)cc3C1(C)C)=[N+]2CCC(=O)O. The molecule has 0 aliphatic carbocycles. The van der Waals surface area contributed by atoms with Gasteiger partial charge < -0.3 is 15.1 Å². The minimum atomic E-state index is -0.873. The van der Waals surface area contributed by atoms with Gasteiger partial charge in [0, 0.05) is 41.1 Å². The molecule has 0 aromatic heterocycles. The standard InChI is InChI=1S/C39H39N3O4/c1-26-11-15-32-30(23-26)38(2,3)34(41(32)21-19-36(43)44)17-12-27(25-40)13-18-35-39(4,5)31-24-29(28-9-7-6-8-10-28)14-16-33(31)42(35)22-20-37(45)46/h6-18,23-24H,19-22H2,1-5H3,(H-,43,44,45,46)/p+1. The summed E-state index contributed by atoms with van der Waals surface area (Å²) in [5.74, 6) is -1.74. The molecule has 3 aromatic rings. The van der Waals surface area contributed by atoms with Crippen molar-refractivity contribution in [3.63, 3.8) is 0 Å². The second kappa shape index (κ2) is 12.6. The number of hydrogen-bond donors (Lipinski definition) is 2. The van der Waals surface area contributed by atoms with Crippen molar-refractivity contribution in [3.05, 3.63) is 119 Å². The highest BCUT2D eigenvalue weighted by Crippen LogP contribution is 2.49. The average Bonchev–Trinajstić information content (AvgIpc) is 3.36. The van der Waals surface area contributed by atoms with Crippen molar-refractivity contribution in [2.24, 2.45) is 0 Å². The highest BCUT2D eigenvalue weighted by Gasteiger charge is 2.44. The molecule has 234 valence electrons. The molecule has 2 aliphatic rings. The summed E-state index contributed by atoms with van der Waals surface area (Å²) in [6.07, 6.45) is 7.38. The molecule has 0 spiro atoms. The Hall–Kier alpha value is -5.22. The maximum atomic E-state index is 11.6. The van der Waals surface area contributed by atoms with Crippen molar-refractivity contribution in [1.29, 1.82) is 5.26 Å². The molecule has 2 N–H and O–H groups in total. The van der Waals surface area contributed by atoms with Crippen LogP contribution in [0.3, 0.4) is 0 Å². The van der Waals surface area contributed by atoms with Gasteiger partial charge in [-0.1, -0.05) is 61.9 Å². The number of allylic oxidation sites excluding steroid dienone is 6. The van der Waals surface area contributed by atoms with Crippen molar-refractivity contribution in [3.8, 4) is 17.2 Å². The van der Waals surface area contributed by atoms with Crippen LogP contribution in [0.1, 0.15) is 57.2 Å². The van der Waals surface area contributed by atoms with Crippen molar-refractivity contribution in [2.45, 2.75) is 58.3 Å². The Labute approximate surface area is 270 Å². The lowest BCUT2D eigenvalue weighted by molar-refractivity contribution is -0.436. The molecule has 0 amide bonds. The molecule has 2 aliphatic heterocycles. The normalized spacial score (nSPS) is 17.3. The van der Waals surface area contributed by atoms with E-state index in [0.29, 0.717) is 18.7 Å². The van der Waals surface area contributed by atoms with Crippen LogP contribution < -0.4 is 4.90 Å². The van der Waals surface area contributed by atoms with Gasteiger partial charge >= 0.3 is 11.9 Å². The number of nitrogens with zero attached hydrogens (tertiary/aromatic N) is 3. The van der Waals surface area contributed by atoms with Gasteiger partial charge in [-0.05, 0) is 73.9 Å². The van der Waals surface area contributed by atoms with Gasteiger partial charge in [0.25, 0.3) is 0 Å². The molecule has 0 saturated heterocycles. The zero-order chi connectivity index (χ0) is 33.2. The number of carbonyl (C=O) groups is 2. The maximum absolute atomic E-state index is 11.6. The Morgan fingerprint density at radius 1 is 0.891 bits per heavy atom. The van der Waals surface area contributed by atoms with Gasteiger partial charge in [-0.15, -0.1) is 0 Å². The minimum absolute atomic E-state index is 0.0123. The summed E-state index contributed by atoms with van der Waals surface area (Å²) in [6, 6.07) is 25.0. The molecule has 3 aromatic carbocycles. The third-order valence-corrected chi connectivity index (χ3v) is 9.12. The molecule has 0 bridgehead atoms. The van der Waals surface area contributed by atoms with Gasteiger partial charge in [0.1, 0.15) is 6.42 Å². The summed E-state index contributed by atoms with van der Waals surface area (Å²) >= 11 is 0. The monoisotopic (exact) mass is 614 g/mol. The smallest absolute Gasteiger partial charge is 0.309 e. The lowest BCUT2D eigenvalue weighted by atomic mass is 9.80. The number of hydrogen-bond acceptors (Lipinski definition) is 4. The van der Waals surface area contributed by atoms with E-state index in [2.05, 4.69) is 75.1 Å². The zero-order valence-corrected chi connectivity index (χ0v) is 27.0. The van der Waals surface area contributed by atoms with E-state index >= 15 is 0 Å². The first-order chi connectivity index (χ1) is 21.8. The Kier molecular flexibility index (Phi) is 8.85. The van der Waals surface area contributed by atoms with Crippen molar-refractivity contribution in [2.75, 3.05) is 18.0 Å². The van der Waals surface area contributed by atoms with E-state index in [0.717, 1.165) is 50.6 Å². The largest absolute Gasteiger partial charge is 0.481 e. The van der Waals surface area contributed by atoms with Crippen LogP contribution in [-0.2, 0) is 20.4 Å². The molecule has 7 nitrogen and oxygen atoms in total. The Balaban J connectivity index is 1.54. The van der Waals surface area contributed by atoms with E-state index < -0.39 is 22.8 Å². The Bertz CT molecular complexity index is 1870. The van der Waals surface area contributed by atoms with Crippen molar-refractivity contribution >= 4 is 29.0 Å². The van der Waals surface area contributed by atoms with E-state index in [1.54, 1.807) is 12.2 Å². The van der Waals surface area contributed by atoms with Gasteiger partial charge in [0.2, 0.25) is 5.69 Å². The molecule has 5 rings (SSSR count). The van der Waals surface area contributed by atoms with E-state index in [4.69, 9.17) is 0 Å². The maximum Gasteiger partial charge on any atom is 0.309 e. The molecule has 7 heteroatoms. The van der Waals surface area contributed by atoms with Gasteiger partial charge in [-0.25, -0.2) is 0 Å². The van der Waals surface area contributed by atoms with Gasteiger partial charge in [-0.3, -0.25) is 9.59 Å². The van der Waals surface area contributed by atoms with Gasteiger partial charge in [-0.2, -0.15) is 9.84 Å². The third kappa shape index (κ3) is 6.16. The van der Waals surface area contributed by atoms with Gasteiger partial charge in [0.05, 0.1) is 23.5 Å². The van der Waals surface area contributed by atoms with Crippen LogP contribution >= 0.6 is 0 Å². The predicted molar refractivity (Wildman–Crippen MR) is 182 cm³/mol. The fraction of sp³-hybridized carbons (Fsp3) is 0.282. The van der Waals surface area contributed by atoms with Crippen LogP contribution in [0.4, 0.5) is 11.4 Å². The number of rotatable bonds is 10. The quantitative estimate of drug-likeness (QED) is 0.138. The summed E-state index contributed by atoms with van der Waals surface area (Å²) in [6.45, 7) is 11.1. The first-order valence-electron chi connectivity index (χ1n) is 15.5. The lowest BCUT2D eigenvalue weighted by Crippen LogP contribution is -2.28. The molecule has 0 radical (unpaired) electrons. The average molecular weight is 615 g/mol. The molecule has 46 heavy (non-hydrogen) atoms. The second-order valence-corrected chi connectivity index (χ2v) is 13.0. The van der Waals surface area contributed by atoms with Crippen LogP contribution in [-0.4, -0.2) is 45.5 Å². The first kappa shape index (κ1) is 32.2. The first-order valence-corrected chi connectivity index (χ1v) is 15.5. The van der Waals surface area contributed by atoms with E-state index in [-0.39, 0.29) is 12.8 Å². The lowest BCUT2D eigenvalue weighted by Gasteiger charge is -2.26. The van der Waals surface area contributed by atoms with E-state index in [1.807, 2.05) is 54.0 Å². The number of carboxylic acids is 2. The predicted octanol–water partition coefficient (Wildman–Crippen LogP) is 7.68. The number of aliphatic carboxylic acids is 2. The fourth-order valence-electron chi connectivity index (χ4n) is 6.64. The molecular formula is C39H40N3O4+. The highest BCUT2D eigenvalue weighted by atomic mass is 16.4. The number of benzene rings is 3. The van der Waals surface area contributed by atoms with E-state index in [9.17, 15) is 25.1 Å². The summed E-state index contributed by atoms with van der Waals surface area (Å²) < 4.78 is 2.04. The summed E-state index contributed by atoms with van der Waals surface area (Å²) in [7, 11) is 0. The molecule has 0 fully saturated rings. The molecular weight excluding hydrogens is 574 g/mol. The Morgan fingerprint density at radius 2 is 1.61 bits per heavy atom. The fourth-order valence-corrected chi connectivity index (χ4v) is 6.64. The summed E-state index contributed by atoms with van der Waals surface area (Å²) in [5, 5.41) is 29.1. The topological polar surface area (TPSA) is 105 Å². The van der Waals surface area contributed by atoms with Crippen molar-refractivity contribution < 1.29 is 24.4 Å². The summed E-state index contributed by atoms with van der Waals surface area (Å²) in [5.41, 5.74) is 8.90. The second-order valence-electron chi connectivity index (χ2n) is 13.0. The van der Waals surface area contributed by atoms with Crippen LogP contribution in [0, 0.1) is 18.3 Å². The minimum Gasteiger partial charge on any atom is -0.481 e.